The molecule has 0 aromatic rings. The summed E-state index contributed by atoms with van der Waals surface area (Å²) in [4.78, 5) is 38.3. The number of hydrogen-bond donors (Lipinski definition) is 2. The second-order valence-electron chi connectivity index (χ2n) is 8.41. The third kappa shape index (κ3) is 4.43. The van der Waals surface area contributed by atoms with Crippen LogP contribution in [0.25, 0.3) is 0 Å². The predicted octanol–water partition coefficient (Wildman–Crippen LogP) is 3.79. The predicted molar refractivity (Wildman–Crippen MR) is 101 cm³/mol. The van der Waals surface area contributed by atoms with Gasteiger partial charge in [0.2, 0.25) is 0 Å². The van der Waals surface area contributed by atoms with E-state index in [4.69, 9.17) is 0 Å². The Morgan fingerprint density at radius 2 is 1.62 bits per heavy atom. The van der Waals surface area contributed by atoms with Crippen LogP contribution >= 0.6 is 0 Å². The highest BCUT2D eigenvalue weighted by molar-refractivity contribution is 6.26. The molecule has 0 fully saturated rings. The zero-order valence-electron chi connectivity index (χ0n) is 17.0. The number of carbonyl (C=O) groups excluding carboxylic acids is 3. The molecule has 26 heavy (non-hydrogen) atoms. The SMILES string of the molecule is CCC(C)C(=O)C1=C(O)[C@@](O)(C(=O)CCC(C)C)[C@@H](CCC(C)C)C1=O. The van der Waals surface area contributed by atoms with Crippen molar-refractivity contribution in [2.45, 2.75) is 79.2 Å². The monoisotopic (exact) mass is 366 g/mol. The van der Waals surface area contributed by atoms with Gasteiger partial charge < -0.3 is 10.2 Å². The van der Waals surface area contributed by atoms with Crippen LogP contribution in [0.4, 0.5) is 0 Å². The summed E-state index contributed by atoms with van der Waals surface area (Å²) in [5.74, 6) is -3.38. The smallest absolute Gasteiger partial charge is 0.190 e. The molecular formula is C21H34O5. The number of hydrogen-bond acceptors (Lipinski definition) is 5. The average Bonchev–Trinajstić information content (AvgIpc) is 2.76. The lowest BCUT2D eigenvalue weighted by molar-refractivity contribution is -0.145. The fraction of sp³-hybridized carbons (Fsp3) is 0.762. The molecule has 5 nitrogen and oxygen atoms in total. The number of ketones is 3. The van der Waals surface area contributed by atoms with Gasteiger partial charge >= 0.3 is 0 Å². The van der Waals surface area contributed by atoms with Crippen LogP contribution in [0.15, 0.2) is 11.3 Å². The van der Waals surface area contributed by atoms with E-state index in [1.165, 1.54) is 0 Å². The van der Waals surface area contributed by atoms with Crippen molar-refractivity contribution in [1.82, 2.24) is 0 Å². The van der Waals surface area contributed by atoms with Crippen LogP contribution in [-0.4, -0.2) is 33.2 Å². The first-order valence-corrected chi connectivity index (χ1v) is 9.76. The summed E-state index contributed by atoms with van der Waals surface area (Å²) >= 11 is 0. The van der Waals surface area contributed by atoms with Crippen LogP contribution in [0.2, 0.25) is 0 Å². The summed E-state index contributed by atoms with van der Waals surface area (Å²) in [6.07, 6.45) is 2.01. The van der Waals surface area contributed by atoms with Crippen LogP contribution in [-0.2, 0) is 14.4 Å². The lowest BCUT2D eigenvalue weighted by Crippen LogP contribution is -2.47. The van der Waals surface area contributed by atoms with E-state index in [0.29, 0.717) is 19.3 Å². The molecule has 0 spiro atoms. The second-order valence-corrected chi connectivity index (χ2v) is 8.41. The quantitative estimate of drug-likeness (QED) is 0.574. The first kappa shape index (κ1) is 22.6. The van der Waals surface area contributed by atoms with Gasteiger partial charge in [0.05, 0.1) is 5.92 Å². The molecule has 0 bridgehead atoms. The topological polar surface area (TPSA) is 91.7 Å². The summed E-state index contributed by atoms with van der Waals surface area (Å²) in [6, 6.07) is 0. The first-order valence-electron chi connectivity index (χ1n) is 9.76. The van der Waals surface area contributed by atoms with Crippen LogP contribution < -0.4 is 0 Å². The maximum absolute atomic E-state index is 12.9. The van der Waals surface area contributed by atoms with E-state index in [-0.39, 0.29) is 30.3 Å². The molecule has 0 aromatic carbocycles. The zero-order chi connectivity index (χ0) is 20.2. The molecule has 3 atom stereocenters. The lowest BCUT2D eigenvalue weighted by Gasteiger charge is -2.28. The summed E-state index contributed by atoms with van der Waals surface area (Å²) in [7, 11) is 0. The molecule has 0 heterocycles. The van der Waals surface area contributed by atoms with Gasteiger partial charge in [-0.15, -0.1) is 0 Å². The molecule has 0 aromatic heterocycles. The Balaban J connectivity index is 3.31. The van der Waals surface area contributed by atoms with Gasteiger partial charge in [-0.2, -0.15) is 0 Å². The summed E-state index contributed by atoms with van der Waals surface area (Å²) in [5, 5.41) is 21.8. The standard InChI is InChI=1S/C21H34O5/c1-7-14(6)18(23)17-19(24)15(10-8-12(2)3)21(26,20(17)25)16(22)11-9-13(4)5/h12-15,25-26H,7-11H2,1-6H3/t14?,15-,21-/m0/s1. The van der Waals surface area contributed by atoms with Gasteiger partial charge in [-0.3, -0.25) is 14.4 Å². The Kier molecular flexibility index (Phi) is 7.75. The maximum atomic E-state index is 12.9. The van der Waals surface area contributed by atoms with E-state index in [0.717, 1.165) is 0 Å². The lowest BCUT2D eigenvalue weighted by atomic mass is 9.79. The van der Waals surface area contributed by atoms with E-state index in [9.17, 15) is 24.6 Å². The highest BCUT2D eigenvalue weighted by atomic mass is 16.3. The Hall–Kier alpha value is -1.49. The van der Waals surface area contributed by atoms with E-state index in [1.807, 2.05) is 34.6 Å². The van der Waals surface area contributed by atoms with E-state index in [1.54, 1.807) is 6.92 Å². The van der Waals surface area contributed by atoms with Crippen molar-refractivity contribution in [3.8, 4) is 0 Å². The largest absolute Gasteiger partial charge is 0.508 e. The molecule has 0 saturated carbocycles. The fourth-order valence-electron chi connectivity index (χ4n) is 3.28. The highest BCUT2D eigenvalue weighted by Gasteiger charge is 2.58. The number of Topliss-reactive ketones (excluding diaryl/α,β-unsaturated/α-hetero) is 3. The number of aliphatic hydroxyl groups excluding tert-OH is 1. The van der Waals surface area contributed by atoms with Crippen LogP contribution in [0.3, 0.4) is 0 Å². The average molecular weight is 366 g/mol. The molecule has 1 rings (SSSR count). The number of aliphatic hydroxyl groups is 2. The van der Waals surface area contributed by atoms with E-state index in [2.05, 4.69) is 0 Å². The van der Waals surface area contributed by atoms with Crippen molar-refractivity contribution in [3.05, 3.63) is 11.3 Å². The highest BCUT2D eigenvalue weighted by Crippen LogP contribution is 2.42. The van der Waals surface area contributed by atoms with Gasteiger partial charge in [0.1, 0.15) is 11.3 Å². The van der Waals surface area contributed by atoms with E-state index >= 15 is 0 Å². The fourth-order valence-corrected chi connectivity index (χ4v) is 3.28. The van der Waals surface area contributed by atoms with Crippen molar-refractivity contribution in [3.63, 3.8) is 0 Å². The normalized spacial score (nSPS) is 24.7. The number of rotatable bonds is 10. The van der Waals surface area contributed by atoms with Crippen LogP contribution in [0.1, 0.15) is 73.6 Å². The molecule has 1 aliphatic rings. The summed E-state index contributed by atoms with van der Waals surface area (Å²) in [6.45, 7) is 11.4. The maximum Gasteiger partial charge on any atom is 0.190 e. The summed E-state index contributed by atoms with van der Waals surface area (Å²) < 4.78 is 0. The van der Waals surface area contributed by atoms with Crippen molar-refractivity contribution >= 4 is 17.3 Å². The van der Waals surface area contributed by atoms with Gasteiger partial charge in [-0.25, -0.2) is 0 Å². The molecule has 0 radical (unpaired) electrons. The summed E-state index contributed by atoms with van der Waals surface area (Å²) in [5.41, 5.74) is -2.63. The Morgan fingerprint density at radius 1 is 1.08 bits per heavy atom. The molecule has 148 valence electrons. The minimum atomic E-state index is -2.26. The van der Waals surface area contributed by atoms with Gasteiger partial charge in [-0.1, -0.05) is 48.0 Å². The van der Waals surface area contributed by atoms with Crippen LogP contribution in [0, 0.1) is 23.7 Å². The van der Waals surface area contributed by atoms with Gasteiger partial charge in [0, 0.05) is 12.3 Å². The molecule has 5 heteroatoms. The molecule has 1 aliphatic carbocycles. The number of allylic oxidation sites excluding steroid dienone is 1. The third-order valence-corrected chi connectivity index (χ3v) is 5.38. The number of carbonyl (C=O) groups is 3. The van der Waals surface area contributed by atoms with Crippen molar-refractivity contribution < 1.29 is 24.6 Å². The molecular weight excluding hydrogens is 332 g/mol. The van der Waals surface area contributed by atoms with Crippen molar-refractivity contribution in [2.24, 2.45) is 23.7 Å². The van der Waals surface area contributed by atoms with E-state index < -0.39 is 40.5 Å². The molecule has 0 saturated heterocycles. The first-order chi connectivity index (χ1) is 12.0. The minimum absolute atomic E-state index is 0.0640. The molecule has 2 N–H and O–H groups in total. The zero-order valence-corrected chi connectivity index (χ0v) is 17.0. The van der Waals surface area contributed by atoms with Gasteiger partial charge in [0.25, 0.3) is 0 Å². The Morgan fingerprint density at radius 3 is 2.08 bits per heavy atom. The van der Waals surface area contributed by atoms with Crippen molar-refractivity contribution in [2.75, 3.05) is 0 Å². The third-order valence-electron chi connectivity index (χ3n) is 5.38. The second kappa shape index (κ2) is 8.94. The molecule has 0 amide bonds. The van der Waals surface area contributed by atoms with Crippen molar-refractivity contribution in [1.29, 1.82) is 0 Å². The minimum Gasteiger partial charge on any atom is -0.508 e. The van der Waals surface area contributed by atoms with Crippen LogP contribution in [0.5, 0.6) is 0 Å². The van der Waals surface area contributed by atoms with Gasteiger partial charge in [0.15, 0.2) is 23.0 Å². The molecule has 1 unspecified atom stereocenters. The Bertz CT molecular complexity index is 587. The Labute approximate surface area is 156 Å². The van der Waals surface area contributed by atoms with Gasteiger partial charge in [-0.05, 0) is 31.1 Å². The molecule has 0 aliphatic heterocycles.